The number of hydrogen-bond acceptors (Lipinski definition) is 4. The highest BCUT2D eigenvalue weighted by Gasteiger charge is 2.18. The van der Waals surface area contributed by atoms with Gasteiger partial charge in [-0.15, -0.1) is 0 Å². The van der Waals surface area contributed by atoms with Crippen molar-refractivity contribution in [2.75, 3.05) is 17.1 Å². The van der Waals surface area contributed by atoms with Crippen LogP contribution in [0.4, 0.5) is 20.2 Å². The number of nitrogens with one attached hydrogen (secondary N) is 2. The summed E-state index contributed by atoms with van der Waals surface area (Å²) < 4.78 is 60.2. The zero-order valence-electron chi connectivity index (χ0n) is 15.4. The molecule has 0 aliphatic carbocycles. The highest BCUT2D eigenvalue weighted by atomic mass is 79.9. The minimum atomic E-state index is -4.05. The van der Waals surface area contributed by atoms with Gasteiger partial charge in [-0.25, -0.2) is 17.2 Å². The standard InChI is InChI=1S/C20H15BrF2N2O4S/c1-29-19-9-5-14(24-20(26)16-10-12(21)2-8-17(16)23)11-18(19)25-30(27,28)15-6-3-13(22)4-7-15/h2-11,25H,1H3,(H,24,26). The predicted octanol–water partition coefficient (Wildman–Crippen LogP) is 4.79. The summed E-state index contributed by atoms with van der Waals surface area (Å²) in [7, 11) is -2.70. The van der Waals surface area contributed by atoms with E-state index in [1.165, 1.54) is 37.4 Å². The van der Waals surface area contributed by atoms with Gasteiger partial charge in [0.05, 0.1) is 23.3 Å². The maximum atomic E-state index is 13.9. The summed E-state index contributed by atoms with van der Waals surface area (Å²) in [5.74, 6) is -1.81. The van der Waals surface area contributed by atoms with Crippen molar-refractivity contribution in [2.45, 2.75) is 4.90 Å². The second-order valence-electron chi connectivity index (χ2n) is 6.05. The van der Waals surface area contributed by atoms with E-state index in [4.69, 9.17) is 4.74 Å². The normalized spacial score (nSPS) is 11.1. The largest absolute Gasteiger partial charge is 0.495 e. The molecule has 3 rings (SSSR count). The van der Waals surface area contributed by atoms with E-state index in [0.717, 1.165) is 30.3 Å². The van der Waals surface area contributed by atoms with Gasteiger partial charge in [-0.1, -0.05) is 15.9 Å². The van der Waals surface area contributed by atoms with Gasteiger partial charge in [0.15, 0.2) is 0 Å². The van der Waals surface area contributed by atoms with Gasteiger partial charge in [-0.3, -0.25) is 9.52 Å². The van der Waals surface area contributed by atoms with Crippen LogP contribution in [0.3, 0.4) is 0 Å². The van der Waals surface area contributed by atoms with Crippen LogP contribution < -0.4 is 14.8 Å². The Morgan fingerprint density at radius 3 is 2.37 bits per heavy atom. The molecule has 0 atom stereocenters. The number of carbonyl (C=O) groups excluding carboxylic acids is 1. The number of sulfonamides is 1. The Labute approximate surface area is 180 Å². The quantitative estimate of drug-likeness (QED) is 0.513. The van der Waals surface area contributed by atoms with Crippen molar-refractivity contribution in [1.29, 1.82) is 0 Å². The molecule has 0 spiro atoms. The lowest BCUT2D eigenvalue weighted by Gasteiger charge is -2.14. The van der Waals surface area contributed by atoms with Gasteiger partial charge in [0.25, 0.3) is 15.9 Å². The summed E-state index contributed by atoms with van der Waals surface area (Å²) in [4.78, 5) is 12.3. The average molecular weight is 497 g/mol. The predicted molar refractivity (Wildman–Crippen MR) is 112 cm³/mol. The van der Waals surface area contributed by atoms with E-state index in [1.807, 2.05) is 0 Å². The zero-order valence-corrected chi connectivity index (χ0v) is 17.9. The van der Waals surface area contributed by atoms with Crippen LogP contribution in [0, 0.1) is 11.6 Å². The topological polar surface area (TPSA) is 84.5 Å². The molecule has 0 aromatic heterocycles. The van der Waals surface area contributed by atoms with E-state index in [2.05, 4.69) is 26.0 Å². The first-order chi connectivity index (χ1) is 14.2. The first kappa shape index (κ1) is 21.7. The number of methoxy groups -OCH3 is 1. The van der Waals surface area contributed by atoms with Crippen LogP contribution in [-0.2, 0) is 10.0 Å². The molecular formula is C20H15BrF2N2O4S. The van der Waals surface area contributed by atoms with E-state index >= 15 is 0 Å². The number of ether oxygens (including phenoxy) is 1. The molecule has 0 aliphatic rings. The van der Waals surface area contributed by atoms with Crippen molar-refractivity contribution in [3.8, 4) is 5.75 Å². The van der Waals surface area contributed by atoms with Gasteiger partial charge in [-0.2, -0.15) is 0 Å². The van der Waals surface area contributed by atoms with Crippen molar-refractivity contribution in [1.82, 2.24) is 0 Å². The number of anilines is 2. The minimum Gasteiger partial charge on any atom is -0.495 e. The van der Waals surface area contributed by atoms with Crippen molar-refractivity contribution in [2.24, 2.45) is 0 Å². The third-order valence-electron chi connectivity index (χ3n) is 4.00. The number of rotatable bonds is 6. The second-order valence-corrected chi connectivity index (χ2v) is 8.65. The maximum Gasteiger partial charge on any atom is 0.262 e. The summed E-state index contributed by atoms with van der Waals surface area (Å²) >= 11 is 3.18. The number of carbonyl (C=O) groups is 1. The summed E-state index contributed by atoms with van der Waals surface area (Å²) in [6, 6.07) is 12.5. The van der Waals surface area contributed by atoms with E-state index in [1.54, 1.807) is 0 Å². The van der Waals surface area contributed by atoms with E-state index in [0.29, 0.717) is 4.47 Å². The Morgan fingerprint density at radius 2 is 1.70 bits per heavy atom. The highest BCUT2D eigenvalue weighted by molar-refractivity contribution is 9.10. The van der Waals surface area contributed by atoms with E-state index in [9.17, 15) is 22.0 Å². The second kappa shape index (κ2) is 8.80. The SMILES string of the molecule is COc1ccc(NC(=O)c2cc(Br)ccc2F)cc1NS(=O)(=O)c1ccc(F)cc1. The lowest BCUT2D eigenvalue weighted by atomic mass is 10.2. The third kappa shape index (κ3) is 4.95. The molecular weight excluding hydrogens is 482 g/mol. The van der Waals surface area contributed by atoms with Crippen LogP contribution in [0.2, 0.25) is 0 Å². The third-order valence-corrected chi connectivity index (χ3v) is 5.87. The van der Waals surface area contributed by atoms with Crippen LogP contribution in [0.15, 0.2) is 70.0 Å². The zero-order chi connectivity index (χ0) is 21.9. The first-order valence-electron chi connectivity index (χ1n) is 8.42. The fraction of sp³-hybridized carbons (Fsp3) is 0.0500. The van der Waals surface area contributed by atoms with Crippen molar-refractivity contribution in [3.63, 3.8) is 0 Å². The molecule has 2 N–H and O–H groups in total. The van der Waals surface area contributed by atoms with Gasteiger partial charge in [0.1, 0.15) is 17.4 Å². The Bertz CT molecular complexity index is 1200. The number of amides is 1. The van der Waals surface area contributed by atoms with E-state index in [-0.39, 0.29) is 27.6 Å². The molecule has 0 fully saturated rings. The number of benzene rings is 3. The van der Waals surface area contributed by atoms with Crippen LogP contribution in [-0.4, -0.2) is 21.4 Å². The molecule has 30 heavy (non-hydrogen) atoms. The Kier molecular flexibility index (Phi) is 6.37. The summed E-state index contributed by atoms with van der Waals surface area (Å²) in [6.07, 6.45) is 0. The van der Waals surface area contributed by atoms with Gasteiger partial charge in [-0.05, 0) is 60.7 Å². The fourth-order valence-electron chi connectivity index (χ4n) is 2.55. The summed E-state index contributed by atoms with van der Waals surface area (Å²) in [5, 5.41) is 2.51. The lowest BCUT2D eigenvalue weighted by Crippen LogP contribution is -2.16. The van der Waals surface area contributed by atoms with Gasteiger partial charge >= 0.3 is 0 Å². The van der Waals surface area contributed by atoms with Crippen molar-refractivity contribution in [3.05, 3.63) is 82.3 Å². The summed E-state index contributed by atoms with van der Waals surface area (Å²) in [6.45, 7) is 0. The molecule has 3 aromatic carbocycles. The van der Waals surface area contributed by atoms with Crippen LogP contribution in [0.25, 0.3) is 0 Å². The molecule has 156 valence electrons. The Balaban J connectivity index is 1.89. The smallest absolute Gasteiger partial charge is 0.262 e. The summed E-state index contributed by atoms with van der Waals surface area (Å²) in [5.41, 5.74) is 0.0555. The molecule has 0 unspecified atom stereocenters. The molecule has 0 bridgehead atoms. The van der Waals surface area contributed by atoms with Crippen LogP contribution in [0.5, 0.6) is 5.75 Å². The molecule has 1 amide bonds. The molecule has 10 heteroatoms. The molecule has 6 nitrogen and oxygen atoms in total. The molecule has 0 aliphatic heterocycles. The highest BCUT2D eigenvalue weighted by Crippen LogP contribution is 2.30. The van der Waals surface area contributed by atoms with Crippen molar-refractivity contribution < 1.29 is 26.7 Å². The van der Waals surface area contributed by atoms with Crippen molar-refractivity contribution >= 4 is 43.2 Å². The first-order valence-corrected chi connectivity index (χ1v) is 10.7. The van der Waals surface area contributed by atoms with Gasteiger partial charge in [0, 0.05) is 10.2 Å². The Morgan fingerprint density at radius 1 is 1.00 bits per heavy atom. The lowest BCUT2D eigenvalue weighted by molar-refractivity contribution is 0.102. The van der Waals surface area contributed by atoms with Crippen LogP contribution in [0.1, 0.15) is 10.4 Å². The Hall–Kier alpha value is -2.98. The maximum absolute atomic E-state index is 13.9. The molecule has 0 heterocycles. The minimum absolute atomic E-state index is 0.0364. The number of hydrogen-bond donors (Lipinski definition) is 2. The average Bonchev–Trinajstić information content (AvgIpc) is 2.70. The van der Waals surface area contributed by atoms with Gasteiger partial charge < -0.3 is 10.1 Å². The molecule has 0 saturated heterocycles. The fourth-order valence-corrected chi connectivity index (χ4v) is 3.98. The van der Waals surface area contributed by atoms with Crippen LogP contribution >= 0.6 is 15.9 Å². The monoisotopic (exact) mass is 496 g/mol. The molecule has 0 radical (unpaired) electrons. The van der Waals surface area contributed by atoms with Gasteiger partial charge in [0.2, 0.25) is 0 Å². The molecule has 3 aromatic rings. The van der Waals surface area contributed by atoms with E-state index < -0.39 is 27.6 Å². The number of halogens is 3. The molecule has 0 saturated carbocycles.